The Morgan fingerprint density at radius 2 is 1.83 bits per heavy atom. The van der Waals surface area contributed by atoms with Crippen molar-refractivity contribution in [1.29, 1.82) is 0 Å². The summed E-state index contributed by atoms with van der Waals surface area (Å²) in [5, 5.41) is 2.99. The van der Waals surface area contributed by atoms with Crippen LogP contribution in [0.2, 0.25) is 0 Å². The van der Waals surface area contributed by atoms with Crippen molar-refractivity contribution in [3.05, 3.63) is 78.1 Å². The number of anilines is 1. The molecular formula is C23H21N3O3. The van der Waals surface area contributed by atoms with Crippen LogP contribution in [0.25, 0.3) is 16.9 Å². The molecule has 0 aliphatic carbocycles. The lowest BCUT2D eigenvalue weighted by molar-refractivity contribution is 0.102. The number of imidazole rings is 1. The molecule has 2 aromatic heterocycles. The van der Waals surface area contributed by atoms with Gasteiger partial charge in [-0.25, -0.2) is 4.98 Å². The van der Waals surface area contributed by atoms with Crippen LogP contribution < -0.4 is 14.8 Å². The number of carbonyl (C=O) groups excluding carboxylic acids is 1. The van der Waals surface area contributed by atoms with Gasteiger partial charge in [-0.05, 0) is 36.8 Å². The summed E-state index contributed by atoms with van der Waals surface area (Å²) in [5.41, 5.74) is 4.66. The molecule has 0 aliphatic rings. The topological polar surface area (TPSA) is 64.9 Å². The zero-order valence-electron chi connectivity index (χ0n) is 16.5. The standard InChI is InChI=1S/C23H21N3O3/c1-15-8-7-13-26-14-19(24-22(15)26)16-9-4-5-11-18(16)25-23(27)17-10-6-12-20(28-2)21(17)29-3/h4-14H,1-3H3,(H,25,27). The van der Waals surface area contributed by atoms with Gasteiger partial charge >= 0.3 is 0 Å². The summed E-state index contributed by atoms with van der Waals surface area (Å²) in [6, 6.07) is 16.8. The van der Waals surface area contributed by atoms with Gasteiger partial charge in [-0.1, -0.05) is 30.3 Å². The van der Waals surface area contributed by atoms with Crippen LogP contribution in [0, 0.1) is 6.92 Å². The monoisotopic (exact) mass is 387 g/mol. The first-order valence-electron chi connectivity index (χ1n) is 9.18. The largest absolute Gasteiger partial charge is 0.493 e. The highest BCUT2D eigenvalue weighted by molar-refractivity contribution is 6.08. The van der Waals surface area contributed by atoms with Crippen LogP contribution >= 0.6 is 0 Å². The molecular weight excluding hydrogens is 366 g/mol. The maximum absolute atomic E-state index is 13.0. The molecule has 2 heterocycles. The van der Waals surface area contributed by atoms with Crippen molar-refractivity contribution < 1.29 is 14.3 Å². The first-order chi connectivity index (χ1) is 14.1. The maximum atomic E-state index is 13.0. The van der Waals surface area contributed by atoms with Gasteiger partial charge in [-0.15, -0.1) is 0 Å². The van der Waals surface area contributed by atoms with Crippen molar-refractivity contribution in [3.8, 4) is 22.8 Å². The van der Waals surface area contributed by atoms with Gasteiger partial charge in [0.1, 0.15) is 5.65 Å². The number of ether oxygens (including phenoxy) is 2. The predicted molar refractivity (Wildman–Crippen MR) is 113 cm³/mol. The molecule has 0 saturated heterocycles. The van der Waals surface area contributed by atoms with Crippen LogP contribution in [-0.4, -0.2) is 29.5 Å². The lowest BCUT2D eigenvalue weighted by Gasteiger charge is -2.14. The number of aromatic nitrogens is 2. The third-order valence-corrected chi connectivity index (χ3v) is 4.78. The van der Waals surface area contributed by atoms with E-state index in [1.165, 1.54) is 7.11 Å². The number of fused-ring (bicyclic) bond motifs is 1. The van der Waals surface area contributed by atoms with Gasteiger partial charge in [0.05, 0.1) is 31.2 Å². The minimum Gasteiger partial charge on any atom is -0.493 e. The normalized spacial score (nSPS) is 10.7. The Morgan fingerprint density at radius 3 is 2.59 bits per heavy atom. The van der Waals surface area contributed by atoms with Crippen LogP contribution in [0.1, 0.15) is 15.9 Å². The van der Waals surface area contributed by atoms with Crippen molar-refractivity contribution in [2.24, 2.45) is 0 Å². The predicted octanol–water partition coefficient (Wildman–Crippen LogP) is 4.58. The number of amides is 1. The highest BCUT2D eigenvalue weighted by atomic mass is 16.5. The third kappa shape index (κ3) is 3.40. The molecule has 0 atom stereocenters. The highest BCUT2D eigenvalue weighted by Gasteiger charge is 2.18. The summed E-state index contributed by atoms with van der Waals surface area (Å²) >= 11 is 0. The molecule has 0 radical (unpaired) electrons. The van der Waals surface area contributed by atoms with Gasteiger partial charge < -0.3 is 19.2 Å². The lowest BCUT2D eigenvalue weighted by atomic mass is 10.1. The number of carbonyl (C=O) groups is 1. The first kappa shape index (κ1) is 18.6. The average Bonchev–Trinajstić information content (AvgIpc) is 3.19. The zero-order chi connectivity index (χ0) is 20.4. The van der Waals surface area contributed by atoms with E-state index >= 15 is 0 Å². The quantitative estimate of drug-likeness (QED) is 0.544. The second-order valence-corrected chi connectivity index (χ2v) is 6.59. The van der Waals surface area contributed by atoms with Gasteiger partial charge in [-0.3, -0.25) is 4.79 Å². The second kappa shape index (κ2) is 7.67. The molecule has 0 spiro atoms. The molecule has 6 heteroatoms. The minimum absolute atomic E-state index is 0.284. The Morgan fingerprint density at radius 1 is 1.00 bits per heavy atom. The number of hydrogen-bond donors (Lipinski definition) is 1. The fourth-order valence-corrected chi connectivity index (χ4v) is 3.35. The van der Waals surface area contributed by atoms with Crippen LogP contribution in [0.3, 0.4) is 0 Å². The Bertz CT molecular complexity index is 1200. The minimum atomic E-state index is -0.284. The number of para-hydroxylation sites is 2. The lowest BCUT2D eigenvalue weighted by Crippen LogP contribution is -2.14. The smallest absolute Gasteiger partial charge is 0.259 e. The molecule has 146 valence electrons. The Labute approximate surface area is 168 Å². The van der Waals surface area contributed by atoms with Crippen molar-refractivity contribution >= 4 is 17.2 Å². The van der Waals surface area contributed by atoms with Crippen LogP contribution in [0.5, 0.6) is 11.5 Å². The Hall–Kier alpha value is -3.80. The maximum Gasteiger partial charge on any atom is 0.259 e. The second-order valence-electron chi connectivity index (χ2n) is 6.59. The van der Waals surface area contributed by atoms with E-state index in [9.17, 15) is 4.79 Å². The van der Waals surface area contributed by atoms with E-state index < -0.39 is 0 Å². The summed E-state index contributed by atoms with van der Waals surface area (Å²) in [4.78, 5) is 17.8. The molecule has 29 heavy (non-hydrogen) atoms. The molecule has 0 bridgehead atoms. The van der Waals surface area contributed by atoms with Crippen molar-refractivity contribution in [2.45, 2.75) is 6.92 Å². The zero-order valence-corrected chi connectivity index (χ0v) is 16.5. The molecule has 0 aliphatic heterocycles. The van der Waals surface area contributed by atoms with Gasteiger partial charge in [-0.2, -0.15) is 0 Å². The van der Waals surface area contributed by atoms with E-state index in [4.69, 9.17) is 14.5 Å². The fraction of sp³-hybridized carbons (Fsp3) is 0.130. The first-order valence-corrected chi connectivity index (χ1v) is 9.18. The number of methoxy groups -OCH3 is 2. The molecule has 2 aromatic carbocycles. The van der Waals surface area contributed by atoms with Crippen molar-refractivity contribution in [2.75, 3.05) is 19.5 Å². The van der Waals surface area contributed by atoms with Crippen LogP contribution in [0.15, 0.2) is 67.0 Å². The molecule has 4 aromatic rings. The Kier molecular flexibility index (Phi) is 4.91. The summed E-state index contributed by atoms with van der Waals surface area (Å²) in [5.74, 6) is 0.616. The number of rotatable bonds is 5. The molecule has 0 unspecified atom stereocenters. The number of nitrogens with one attached hydrogen (secondary N) is 1. The number of hydrogen-bond acceptors (Lipinski definition) is 4. The van der Waals surface area contributed by atoms with Gasteiger partial charge in [0.25, 0.3) is 5.91 Å². The van der Waals surface area contributed by atoms with E-state index in [2.05, 4.69) is 5.32 Å². The summed E-state index contributed by atoms with van der Waals surface area (Å²) in [6.07, 6.45) is 3.92. The van der Waals surface area contributed by atoms with Crippen molar-refractivity contribution in [1.82, 2.24) is 9.38 Å². The summed E-state index contributed by atoms with van der Waals surface area (Å²) in [6.45, 7) is 2.02. The molecule has 4 rings (SSSR count). The average molecular weight is 387 g/mol. The number of nitrogens with zero attached hydrogens (tertiary/aromatic N) is 2. The Balaban J connectivity index is 1.72. The van der Waals surface area contributed by atoms with Gasteiger partial charge in [0, 0.05) is 18.0 Å². The highest BCUT2D eigenvalue weighted by Crippen LogP contribution is 2.33. The molecule has 1 amide bonds. The van der Waals surface area contributed by atoms with E-state index in [0.29, 0.717) is 22.7 Å². The number of benzene rings is 2. The molecule has 6 nitrogen and oxygen atoms in total. The molecule has 1 N–H and O–H groups in total. The molecule has 0 saturated carbocycles. The summed E-state index contributed by atoms with van der Waals surface area (Å²) in [7, 11) is 3.06. The van der Waals surface area contributed by atoms with Gasteiger partial charge in [0.2, 0.25) is 0 Å². The van der Waals surface area contributed by atoms with Gasteiger partial charge in [0.15, 0.2) is 11.5 Å². The molecule has 0 fully saturated rings. The van der Waals surface area contributed by atoms with E-state index in [1.54, 1.807) is 25.3 Å². The van der Waals surface area contributed by atoms with E-state index in [1.807, 2.05) is 60.1 Å². The van der Waals surface area contributed by atoms with Crippen molar-refractivity contribution in [3.63, 3.8) is 0 Å². The SMILES string of the molecule is COc1cccc(C(=O)Nc2ccccc2-c2cn3cccc(C)c3n2)c1OC. The van der Waals surface area contributed by atoms with Crippen LogP contribution in [-0.2, 0) is 0 Å². The van der Waals surface area contributed by atoms with E-state index in [-0.39, 0.29) is 5.91 Å². The van der Waals surface area contributed by atoms with E-state index in [0.717, 1.165) is 22.5 Å². The number of pyridine rings is 1. The number of aryl methyl sites for hydroxylation is 1. The summed E-state index contributed by atoms with van der Waals surface area (Å²) < 4.78 is 12.7. The third-order valence-electron chi connectivity index (χ3n) is 4.78. The fourth-order valence-electron chi connectivity index (χ4n) is 3.35. The van der Waals surface area contributed by atoms with Crippen LogP contribution in [0.4, 0.5) is 5.69 Å².